The topological polar surface area (TPSA) is 47.3 Å². The van der Waals surface area contributed by atoms with E-state index in [2.05, 4.69) is 13.0 Å². The average Bonchev–Trinajstić information content (AvgIpc) is 2.34. The van der Waals surface area contributed by atoms with Crippen molar-refractivity contribution in [3.63, 3.8) is 0 Å². The molecule has 0 saturated heterocycles. The third-order valence-corrected chi connectivity index (χ3v) is 2.93. The second kappa shape index (κ2) is 4.46. The monoisotopic (exact) mass is 229 g/mol. The van der Waals surface area contributed by atoms with Crippen LogP contribution in [0.15, 0.2) is 18.2 Å². The summed E-state index contributed by atoms with van der Waals surface area (Å²) in [5.41, 5.74) is 2.49. The molecule has 0 spiro atoms. The maximum Gasteiger partial charge on any atom is 0.246 e. The molecule has 1 aromatic rings. The number of rotatable bonds is 2. The van der Waals surface area contributed by atoms with Crippen molar-refractivity contribution in [2.45, 2.75) is 13.3 Å². The molecule has 17 heavy (non-hydrogen) atoms. The van der Waals surface area contributed by atoms with E-state index in [4.69, 9.17) is 5.26 Å². The fraction of sp³-hybridized carbons (Fsp3) is 0.385. The number of benzene rings is 1. The summed E-state index contributed by atoms with van der Waals surface area (Å²) in [5.74, 6) is 0.117. The van der Waals surface area contributed by atoms with E-state index in [1.165, 1.54) is 0 Å². The lowest BCUT2D eigenvalue weighted by molar-refractivity contribution is -0.117. The van der Waals surface area contributed by atoms with Gasteiger partial charge in [-0.3, -0.25) is 4.79 Å². The van der Waals surface area contributed by atoms with Gasteiger partial charge in [0, 0.05) is 13.6 Å². The van der Waals surface area contributed by atoms with Crippen LogP contribution >= 0.6 is 0 Å². The van der Waals surface area contributed by atoms with E-state index in [0.29, 0.717) is 12.1 Å². The first-order valence-electron chi connectivity index (χ1n) is 5.73. The van der Waals surface area contributed by atoms with Gasteiger partial charge in [-0.25, -0.2) is 0 Å². The van der Waals surface area contributed by atoms with E-state index in [0.717, 1.165) is 24.3 Å². The molecule has 0 fully saturated rings. The molecule has 0 unspecified atom stereocenters. The number of carbonyl (C=O) groups excluding carboxylic acids is 1. The van der Waals surface area contributed by atoms with Crippen molar-refractivity contribution in [2.75, 3.05) is 29.9 Å². The van der Waals surface area contributed by atoms with E-state index in [1.807, 2.05) is 24.1 Å². The summed E-state index contributed by atoms with van der Waals surface area (Å²) < 4.78 is 0. The van der Waals surface area contributed by atoms with Gasteiger partial charge in [-0.05, 0) is 24.6 Å². The van der Waals surface area contributed by atoms with Crippen molar-refractivity contribution in [1.29, 1.82) is 5.26 Å². The summed E-state index contributed by atoms with van der Waals surface area (Å²) >= 11 is 0. The number of hydrogen-bond donors (Lipinski definition) is 0. The highest BCUT2D eigenvalue weighted by Gasteiger charge is 2.26. The lowest BCUT2D eigenvalue weighted by Crippen LogP contribution is -2.44. The second-order valence-electron chi connectivity index (χ2n) is 4.22. The lowest BCUT2D eigenvalue weighted by Gasteiger charge is -2.35. The average molecular weight is 229 g/mol. The van der Waals surface area contributed by atoms with Gasteiger partial charge in [0.1, 0.15) is 0 Å². The molecule has 0 saturated carbocycles. The maximum atomic E-state index is 11.9. The highest BCUT2D eigenvalue weighted by molar-refractivity contribution is 6.03. The van der Waals surface area contributed by atoms with Crippen LogP contribution in [0.5, 0.6) is 0 Å². The highest BCUT2D eigenvalue weighted by Crippen LogP contribution is 2.33. The van der Waals surface area contributed by atoms with Crippen LogP contribution in [0.25, 0.3) is 0 Å². The number of nitriles is 1. The predicted octanol–water partition coefficient (Wildman–Crippen LogP) is 1.75. The number of fused-ring (bicyclic) bond motifs is 1. The molecule has 0 bridgehead atoms. The van der Waals surface area contributed by atoms with Crippen LogP contribution in [0.4, 0.5) is 11.4 Å². The van der Waals surface area contributed by atoms with E-state index in [1.54, 1.807) is 11.0 Å². The third-order valence-electron chi connectivity index (χ3n) is 2.93. The highest BCUT2D eigenvalue weighted by atomic mass is 16.2. The first kappa shape index (κ1) is 11.5. The molecule has 1 aliphatic heterocycles. The molecule has 0 aromatic heterocycles. The summed E-state index contributed by atoms with van der Waals surface area (Å²) in [6, 6.07) is 7.58. The smallest absolute Gasteiger partial charge is 0.246 e. The summed E-state index contributed by atoms with van der Waals surface area (Å²) in [7, 11) is 1.88. The van der Waals surface area contributed by atoms with Crippen LogP contribution in [0.3, 0.4) is 0 Å². The Labute approximate surface area is 101 Å². The van der Waals surface area contributed by atoms with Gasteiger partial charge in [0.25, 0.3) is 0 Å². The lowest BCUT2D eigenvalue weighted by atomic mass is 10.1. The Balaban J connectivity index is 2.48. The number of amides is 1. The van der Waals surface area contributed by atoms with E-state index in [9.17, 15) is 4.79 Å². The fourth-order valence-corrected chi connectivity index (χ4v) is 2.10. The van der Waals surface area contributed by atoms with E-state index >= 15 is 0 Å². The Kier molecular flexibility index (Phi) is 3.01. The molecule has 1 aliphatic rings. The van der Waals surface area contributed by atoms with Gasteiger partial charge < -0.3 is 9.80 Å². The SMILES string of the molecule is CCCN1C(=O)CN(C)c2cc(C#N)ccc21. The van der Waals surface area contributed by atoms with Crippen molar-refractivity contribution in [1.82, 2.24) is 0 Å². The van der Waals surface area contributed by atoms with Crippen LogP contribution in [-0.2, 0) is 4.79 Å². The molecule has 1 heterocycles. The molecular formula is C13H15N3O. The summed E-state index contributed by atoms with van der Waals surface area (Å²) in [4.78, 5) is 15.6. The molecule has 0 atom stereocenters. The van der Waals surface area contributed by atoms with Crippen molar-refractivity contribution >= 4 is 17.3 Å². The molecule has 0 N–H and O–H groups in total. The van der Waals surface area contributed by atoms with Crippen molar-refractivity contribution in [3.8, 4) is 6.07 Å². The normalized spacial score (nSPS) is 14.5. The zero-order valence-corrected chi connectivity index (χ0v) is 10.1. The van der Waals surface area contributed by atoms with Gasteiger partial charge in [0.05, 0.1) is 29.6 Å². The standard InChI is InChI=1S/C13H15N3O/c1-3-6-16-11-5-4-10(8-14)7-12(11)15(2)9-13(16)17/h4-5,7H,3,6,9H2,1-2H3. The van der Waals surface area contributed by atoms with Crippen molar-refractivity contribution in [3.05, 3.63) is 23.8 Å². The minimum atomic E-state index is 0.117. The van der Waals surface area contributed by atoms with Crippen LogP contribution in [0, 0.1) is 11.3 Å². The minimum absolute atomic E-state index is 0.117. The maximum absolute atomic E-state index is 11.9. The number of anilines is 2. The minimum Gasteiger partial charge on any atom is -0.364 e. The quantitative estimate of drug-likeness (QED) is 0.776. The Morgan fingerprint density at radius 1 is 1.41 bits per heavy atom. The third kappa shape index (κ3) is 1.96. The molecule has 4 heteroatoms. The van der Waals surface area contributed by atoms with Crippen molar-refractivity contribution < 1.29 is 4.79 Å². The largest absolute Gasteiger partial charge is 0.364 e. The van der Waals surface area contributed by atoms with Gasteiger partial charge >= 0.3 is 0 Å². The second-order valence-corrected chi connectivity index (χ2v) is 4.22. The zero-order valence-electron chi connectivity index (χ0n) is 10.1. The number of likely N-dealkylation sites (N-methyl/N-ethyl adjacent to an activating group) is 1. The molecule has 4 nitrogen and oxygen atoms in total. The van der Waals surface area contributed by atoms with Crippen molar-refractivity contribution in [2.24, 2.45) is 0 Å². The van der Waals surface area contributed by atoms with E-state index in [-0.39, 0.29) is 5.91 Å². The van der Waals surface area contributed by atoms with Crippen LogP contribution < -0.4 is 9.80 Å². The molecule has 88 valence electrons. The van der Waals surface area contributed by atoms with Gasteiger partial charge in [-0.2, -0.15) is 5.26 Å². The van der Waals surface area contributed by atoms with Crippen LogP contribution in [0.1, 0.15) is 18.9 Å². The predicted molar refractivity (Wildman–Crippen MR) is 67.1 cm³/mol. The van der Waals surface area contributed by atoms with Gasteiger partial charge in [-0.15, -0.1) is 0 Å². The Morgan fingerprint density at radius 2 is 2.18 bits per heavy atom. The zero-order chi connectivity index (χ0) is 12.4. The Bertz CT molecular complexity index is 490. The summed E-state index contributed by atoms with van der Waals surface area (Å²) in [5, 5.41) is 8.90. The Morgan fingerprint density at radius 3 is 2.82 bits per heavy atom. The summed E-state index contributed by atoms with van der Waals surface area (Å²) in [6.45, 7) is 3.16. The first-order valence-corrected chi connectivity index (χ1v) is 5.73. The van der Waals surface area contributed by atoms with Gasteiger partial charge in [0.15, 0.2) is 0 Å². The molecule has 2 rings (SSSR count). The number of carbonyl (C=O) groups is 1. The number of hydrogen-bond acceptors (Lipinski definition) is 3. The first-order chi connectivity index (χ1) is 8.17. The molecule has 1 aromatic carbocycles. The van der Waals surface area contributed by atoms with Crippen LogP contribution in [-0.4, -0.2) is 26.0 Å². The Hall–Kier alpha value is -2.02. The van der Waals surface area contributed by atoms with E-state index < -0.39 is 0 Å². The molecular weight excluding hydrogens is 214 g/mol. The molecule has 1 amide bonds. The molecule has 0 radical (unpaired) electrons. The summed E-state index contributed by atoms with van der Waals surface area (Å²) in [6.07, 6.45) is 0.925. The molecule has 0 aliphatic carbocycles. The number of nitrogens with zero attached hydrogens (tertiary/aromatic N) is 3. The van der Waals surface area contributed by atoms with Gasteiger partial charge in [-0.1, -0.05) is 6.92 Å². The fourth-order valence-electron chi connectivity index (χ4n) is 2.10. The van der Waals surface area contributed by atoms with Gasteiger partial charge in [0.2, 0.25) is 5.91 Å². The van der Waals surface area contributed by atoms with Crippen LogP contribution in [0.2, 0.25) is 0 Å².